The molecule has 0 spiro atoms. The summed E-state index contributed by atoms with van der Waals surface area (Å²) >= 11 is 0. The standard InChI is InChI=1S/C10H18N2/c1-4-6-10(3)12-9-8-11-7-5-2/h4-7,11-12H,1,8-9H2,2-3H3/b7-5+,10-6+. The second kappa shape index (κ2) is 7.92. The molecule has 0 radical (unpaired) electrons. The van der Waals surface area contributed by atoms with Crippen LogP contribution in [0, 0.1) is 0 Å². The van der Waals surface area contributed by atoms with Crippen molar-refractivity contribution in [2.24, 2.45) is 0 Å². The van der Waals surface area contributed by atoms with Crippen LogP contribution in [0.3, 0.4) is 0 Å². The molecule has 0 amide bonds. The van der Waals surface area contributed by atoms with Gasteiger partial charge in [-0.15, -0.1) is 0 Å². The Bertz CT molecular complexity index is 169. The van der Waals surface area contributed by atoms with Crippen LogP contribution in [0.4, 0.5) is 0 Å². The highest BCUT2D eigenvalue weighted by Crippen LogP contribution is 1.84. The summed E-state index contributed by atoms with van der Waals surface area (Å²) in [4.78, 5) is 0. The van der Waals surface area contributed by atoms with Gasteiger partial charge in [-0.05, 0) is 26.1 Å². The molecule has 68 valence electrons. The molecular formula is C10H18N2. The van der Waals surface area contributed by atoms with Gasteiger partial charge in [0.15, 0.2) is 0 Å². The summed E-state index contributed by atoms with van der Waals surface area (Å²) in [6.45, 7) is 9.50. The molecule has 0 unspecified atom stereocenters. The van der Waals surface area contributed by atoms with Crippen LogP contribution in [0.5, 0.6) is 0 Å². The molecule has 2 heteroatoms. The van der Waals surface area contributed by atoms with Gasteiger partial charge in [0.05, 0.1) is 0 Å². The number of nitrogens with one attached hydrogen (secondary N) is 2. The van der Waals surface area contributed by atoms with Gasteiger partial charge in [0.1, 0.15) is 0 Å². The van der Waals surface area contributed by atoms with Crippen molar-refractivity contribution in [1.82, 2.24) is 10.6 Å². The maximum Gasteiger partial charge on any atom is 0.0317 e. The molecule has 0 saturated heterocycles. The quantitative estimate of drug-likeness (QED) is 0.464. The van der Waals surface area contributed by atoms with E-state index in [1.165, 1.54) is 0 Å². The van der Waals surface area contributed by atoms with Crippen molar-refractivity contribution < 1.29 is 0 Å². The summed E-state index contributed by atoms with van der Waals surface area (Å²) in [5.41, 5.74) is 1.15. The molecule has 0 aromatic heterocycles. The summed E-state index contributed by atoms with van der Waals surface area (Å²) in [6.07, 6.45) is 7.65. The first kappa shape index (κ1) is 10.8. The van der Waals surface area contributed by atoms with Crippen LogP contribution in [0.15, 0.2) is 36.7 Å². The molecule has 0 aliphatic rings. The van der Waals surface area contributed by atoms with E-state index in [-0.39, 0.29) is 0 Å². The van der Waals surface area contributed by atoms with Crippen LogP contribution >= 0.6 is 0 Å². The molecule has 0 fully saturated rings. The van der Waals surface area contributed by atoms with Gasteiger partial charge in [0.2, 0.25) is 0 Å². The van der Waals surface area contributed by atoms with Gasteiger partial charge < -0.3 is 10.6 Å². The molecule has 2 nitrogen and oxygen atoms in total. The topological polar surface area (TPSA) is 24.1 Å². The molecule has 0 bridgehead atoms. The Morgan fingerprint density at radius 3 is 2.75 bits per heavy atom. The van der Waals surface area contributed by atoms with E-state index in [9.17, 15) is 0 Å². The Morgan fingerprint density at radius 1 is 1.42 bits per heavy atom. The fourth-order valence-electron chi connectivity index (χ4n) is 0.769. The summed E-state index contributed by atoms with van der Waals surface area (Å²) in [7, 11) is 0. The fourth-order valence-corrected chi connectivity index (χ4v) is 0.769. The average Bonchev–Trinajstić information content (AvgIpc) is 2.05. The average molecular weight is 166 g/mol. The van der Waals surface area contributed by atoms with Crippen LogP contribution in [-0.4, -0.2) is 13.1 Å². The maximum atomic E-state index is 3.62. The molecule has 0 aliphatic heterocycles. The summed E-state index contributed by atoms with van der Waals surface area (Å²) in [5, 5.41) is 6.37. The second-order valence-electron chi connectivity index (χ2n) is 2.47. The summed E-state index contributed by atoms with van der Waals surface area (Å²) < 4.78 is 0. The van der Waals surface area contributed by atoms with Crippen LogP contribution in [0.1, 0.15) is 13.8 Å². The van der Waals surface area contributed by atoms with E-state index < -0.39 is 0 Å². The molecule has 0 heterocycles. The first-order valence-electron chi connectivity index (χ1n) is 4.19. The lowest BCUT2D eigenvalue weighted by atomic mass is 10.4. The third-order valence-electron chi connectivity index (χ3n) is 1.33. The van der Waals surface area contributed by atoms with Gasteiger partial charge in [-0.3, -0.25) is 0 Å². The minimum Gasteiger partial charge on any atom is -0.389 e. The van der Waals surface area contributed by atoms with Crippen LogP contribution < -0.4 is 10.6 Å². The Kier molecular flexibility index (Phi) is 7.14. The minimum atomic E-state index is 0.931. The van der Waals surface area contributed by atoms with Crippen molar-refractivity contribution in [1.29, 1.82) is 0 Å². The van der Waals surface area contributed by atoms with Gasteiger partial charge >= 0.3 is 0 Å². The monoisotopic (exact) mass is 166 g/mol. The largest absolute Gasteiger partial charge is 0.389 e. The molecule has 0 aliphatic carbocycles. The van der Waals surface area contributed by atoms with E-state index in [2.05, 4.69) is 17.2 Å². The van der Waals surface area contributed by atoms with Crippen molar-refractivity contribution >= 4 is 0 Å². The lowest BCUT2D eigenvalue weighted by Gasteiger charge is -2.05. The Labute approximate surface area is 75.1 Å². The van der Waals surface area contributed by atoms with E-state index in [4.69, 9.17) is 0 Å². The first-order valence-corrected chi connectivity index (χ1v) is 4.19. The first-order chi connectivity index (χ1) is 5.81. The van der Waals surface area contributed by atoms with Crippen LogP contribution in [0.25, 0.3) is 0 Å². The van der Waals surface area contributed by atoms with Gasteiger partial charge in [0, 0.05) is 18.8 Å². The zero-order valence-electron chi connectivity index (χ0n) is 7.93. The highest BCUT2D eigenvalue weighted by atomic mass is 14.9. The number of allylic oxidation sites excluding steroid dienone is 4. The number of hydrogen-bond donors (Lipinski definition) is 2. The van der Waals surface area contributed by atoms with E-state index in [1.807, 2.05) is 32.2 Å². The van der Waals surface area contributed by atoms with E-state index >= 15 is 0 Å². The molecular weight excluding hydrogens is 148 g/mol. The third kappa shape index (κ3) is 6.93. The SMILES string of the molecule is C=C/C=C(\C)NCCN/C=C/C. The normalized spacial score (nSPS) is 11.7. The zero-order valence-corrected chi connectivity index (χ0v) is 7.93. The predicted molar refractivity (Wildman–Crippen MR) is 54.8 cm³/mol. The molecule has 0 aromatic rings. The second-order valence-corrected chi connectivity index (χ2v) is 2.47. The molecule has 0 atom stereocenters. The van der Waals surface area contributed by atoms with E-state index in [0.29, 0.717) is 0 Å². The Morgan fingerprint density at radius 2 is 2.17 bits per heavy atom. The van der Waals surface area contributed by atoms with E-state index in [1.54, 1.807) is 6.08 Å². The van der Waals surface area contributed by atoms with Crippen molar-refractivity contribution in [2.45, 2.75) is 13.8 Å². The van der Waals surface area contributed by atoms with Crippen molar-refractivity contribution in [2.75, 3.05) is 13.1 Å². The van der Waals surface area contributed by atoms with Crippen molar-refractivity contribution in [3.05, 3.63) is 36.7 Å². The van der Waals surface area contributed by atoms with E-state index in [0.717, 1.165) is 18.8 Å². The summed E-state index contributed by atoms with van der Waals surface area (Å²) in [6, 6.07) is 0. The molecule has 2 N–H and O–H groups in total. The van der Waals surface area contributed by atoms with Gasteiger partial charge in [-0.1, -0.05) is 18.7 Å². The fraction of sp³-hybridized carbons (Fsp3) is 0.400. The number of hydrogen-bond acceptors (Lipinski definition) is 2. The lowest BCUT2D eigenvalue weighted by molar-refractivity contribution is 0.738. The third-order valence-corrected chi connectivity index (χ3v) is 1.33. The predicted octanol–water partition coefficient (Wildman–Crippen LogP) is 1.79. The highest BCUT2D eigenvalue weighted by Gasteiger charge is 1.83. The molecule has 0 saturated carbocycles. The minimum absolute atomic E-state index is 0.931. The van der Waals surface area contributed by atoms with Crippen LogP contribution in [0.2, 0.25) is 0 Å². The van der Waals surface area contributed by atoms with Gasteiger partial charge in [0.25, 0.3) is 0 Å². The Balaban J connectivity index is 3.31. The van der Waals surface area contributed by atoms with Crippen molar-refractivity contribution in [3.63, 3.8) is 0 Å². The molecule has 12 heavy (non-hydrogen) atoms. The van der Waals surface area contributed by atoms with Gasteiger partial charge in [-0.25, -0.2) is 0 Å². The molecule has 0 rings (SSSR count). The highest BCUT2D eigenvalue weighted by molar-refractivity contribution is 5.05. The zero-order chi connectivity index (χ0) is 9.23. The Hall–Kier alpha value is -1.18. The van der Waals surface area contributed by atoms with Gasteiger partial charge in [-0.2, -0.15) is 0 Å². The van der Waals surface area contributed by atoms with Crippen LogP contribution in [-0.2, 0) is 0 Å². The molecule has 0 aromatic carbocycles. The maximum absolute atomic E-state index is 3.62. The smallest absolute Gasteiger partial charge is 0.0317 e. The van der Waals surface area contributed by atoms with Crippen molar-refractivity contribution in [3.8, 4) is 0 Å². The lowest BCUT2D eigenvalue weighted by Crippen LogP contribution is -2.22. The number of rotatable bonds is 6. The summed E-state index contributed by atoms with van der Waals surface area (Å²) in [5.74, 6) is 0.